The van der Waals surface area contributed by atoms with Crippen LogP contribution < -0.4 is 0 Å². The number of likely N-dealkylation sites (tertiary alicyclic amines) is 2. The first kappa shape index (κ1) is 23.7. The van der Waals surface area contributed by atoms with Crippen molar-refractivity contribution in [2.75, 3.05) is 26.2 Å². The Labute approximate surface area is 172 Å². The average molecular weight is 430 g/mol. The van der Waals surface area contributed by atoms with E-state index in [1.165, 1.54) is 0 Å². The molecule has 0 radical (unpaired) electrons. The number of amides is 1. The average Bonchev–Trinajstić information content (AvgIpc) is 2.95. The van der Waals surface area contributed by atoms with Crippen LogP contribution in [-0.4, -0.2) is 75.8 Å². The molecule has 1 aromatic rings. The van der Waals surface area contributed by atoms with E-state index in [9.17, 15) is 22.8 Å². The van der Waals surface area contributed by atoms with E-state index in [0.717, 1.165) is 44.5 Å². The summed E-state index contributed by atoms with van der Waals surface area (Å²) in [5.74, 6) is -3.36. The monoisotopic (exact) mass is 430 g/mol. The summed E-state index contributed by atoms with van der Waals surface area (Å²) in [5.41, 5.74) is 1.00. The first-order valence-corrected chi connectivity index (χ1v) is 9.61. The molecular weight excluding hydrogens is 405 g/mol. The van der Waals surface area contributed by atoms with Crippen molar-refractivity contribution < 1.29 is 37.8 Å². The molecule has 1 unspecified atom stereocenters. The maximum atomic E-state index is 12.9. The molecule has 1 atom stereocenters. The number of carbonyl (C=O) groups excluding carboxylic acids is 1. The van der Waals surface area contributed by atoms with Crippen LogP contribution in [0.2, 0.25) is 0 Å². The van der Waals surface area contributed by atoms with E-state index in [1.807, 2.05) is 47.1 Å². The van der Waals surface area contributed by atoms with E-state index in [4.69, 9.17) is 15.0 Å². The van der Waals surface area contributed by atoms with Crippen molar-refractivity contribution in [2.45, 2.75) is 43.8 Å². The molecule has 2 heterocycles. The fraction of sp³-hybridized carbons (Fsp3) is 0.550. The molecule has 2 aliphatic heterocycles. The highest BCUT2D eigenvalue weighted by Gasteiger charge is 2.51. The Morgan fingerprint density at radius 1 is 1.13 bits per heavy atom. The number of hydrogen-bond acceptors (Lipinski definition) is 4. The number of carbonyl (C=O) groups is 3. The fourth-order valence-electron chi connectivity index (χ4n) is 4.23. The molecule has 1 amide bonds. The minimum atomic E-state index is -5.08. The summed E-state index contributed by atoms with van der Waals surface area (Å²) >= 11 is 0. The van der Waals surface area contributed by atoms with Gasteiger partial charge >= 0.3 is 18.1 Å². The van der Waals surface area contributed by atoms with Crippen molar-refractivity contribution in [3.05, 3.63) is 35.9 Å². The summed E-state index contributed by atoms with van der Waals surface area (Å²) in [6, 6.07) is 10.0. The van der Waals surface area contributed by atoms with Crippen LogP contribution >= 0.6 is 0 Å². The summed E-state index contributed by atoms with van der Waals surface area (Å²) in [5, 5.41) is 16.1. The van der Waals surface area contributed by atoms with Crippen LogP contribution in [0.4, 0.5) is 13.2 Å². The molecule has 1 spiro atoms. The van der Waals surface area contributed by atoms with Crippen molar-refractivity contribution >= 4 is 17.8 Å². The number of benzene rings is 1. The van der Waals surface area contributed by atoms with Gasteiger partial charge in [-0.25, -0.2) is 4.79 Å². The van der Waals surface area contributed by atoms with E-state index in [2.05, 4.69) is 0 Å². The minimum absolute atomic E-state index is 0.0535. The van der Waals surface area contributed by atoms with Crippen LogP contribution in [0.15, 0.2) is 30.3 Å². The van der Waals surface area contributed by atoms with E-state index in [1.54, 1.807) is 0 Å². The zero-order valence-corrected chi connectivity index (χ0v) is 16.6. The Balaban J connectivity index is 0.000000396. The zero-order chi connectivity index (χ0) is 22.5. The van der Waals surface area contributed by atoms with E-state index < -0.39 is 18.1 Å². The third-order valence-corrected chi connectivity index (χ3v) is 5.63. The molecule has 0 aliphatic carbocycles. The Hall–Kier alpha value is -2.62. The van der Waals surface area contributed by atoms with E-state index in [-0.39, 0.29) is 23.9 Å². The fourth-order valence-corrected chi connectivity index (χ4v) is 4.23. The largest absolute Gasteiger partial charge is 0.490 e. The summed E-state index contributed by atoms with van der Waals surface area (Å²) in [6.45, 7) is 4.35. The van der Waals surface area contributed by atoms with Gasteiger partial charge in [-0.2, -0.15) is 13.2 Å². The number of alkyl halides is 3. The predicted molar refractivity (Wildman–Crippen MR) is 101 cm³/mol. The Morgan fingerprint density at radius 3 is 2.10 bits per heavy atom. The minimum Gasteiger partial charge on any atom is -0.480 e. The molecule has 10 heteroatoms. The molecule has 30 heavy (non-hydrogen) atoms. The highest BCUT2D eigenvalue weighted by molar-refractivity contribution is 5.87. The smallest absolute Gasteiger partial charge is 0.480 e. The van der Waals surface area contributed by atoms with Crippen molar-refractivity contribution in [2.24, 2.45) is 0 Å². The van der Waals surface area contributed by atoms with Gasteiger partial charge in [0.25, 0.3) is 0 Å². The topological polar surface area (TPSA) is 98.2 Å². The van der Waals surface area contributed by atoms with Crippen LogP contribution in [0.1, 0.15) is 37.7 Å². The summed E-state index contributed by atoms with van der Waals surface area (Å²) < 4.78 is 31.7. The molecule has 2 fully saturated rings. The molecule has 0 saturated carbocycles. The second-order valence-corrected chi connectivity index (χ2v) is 7.45. The van der Waals surface area contributed by atoms with Gasteiger partial charge in [0.05, 0.1) is 12.5 Å². The molecule has 2 N–H and O–H groups in total. The lowest BCUT2D eigenvalue weighted by molar-refractivity contribution is -0.192. The van der Waals surface area contributed by atoms with Gasteiger partial charge in [0, 0.05) is 25.2 Å². The molecular formula is C20H25F3N2O5. The van der Waals surface area contributed by atoms with Gasteiger partial charge < -0.3 is 15.1 Å². The zero-order valence-electron chi connectivity index (χ0n) is 16.6. The molecule has 2 saturated heterocycles. The maximum absolute atomic E-state index is 12.9. The van der Waals surface area contributed by atoms with Gasteiger partial charge in [0.1, 0.15) is 0 Å². The molecule has 166 valence electrons. The van der Waals surface area contributed by atoms with Gasteiger partial charge in [-0.05, 0) is 31.7 Å². The third-order valence-electron chi connectivity index (χ3n) is 5.63. The standard InChI is InChI=1S/C18H24N2O3.C2HF3O2/c1-2-20-17(23)15(14-6-4-3-5-7-14)12-18(20)8-10-19(11-9-18)13-16(21)22;3-2(4,5)1(6)7/h3-7,15H,2,8-13H2,1H3,(H,21,22);(H,6,7). The van der Waals surface area contributed by atoms with Gasteiger partial charge in [-0.3, -0.25) is 14.5 Å². The van der Waals surface area contributed by atoms with Crippen molar-refractivity contribution in [3.8, 4) is 0 Å². The van der Waals surface area contributed by atoms with Gasteiger partial charge in [0.2, 0.25) is 5.91 Å². The molecule has 2 aliphatic rings. The maximum Gasteiger partial charge on any atom is 0.490 e. The number of hydrogen-bond donors (Lipinski definition) is 2. The van der Waals surface area contributed by atoms with Crippen molar-refractivity contribution in [3.63, 3.8) is 0 Å². The SMILES string of the molecule is CCN1C(=O)C(c2ccccc2)CC12CCN(CC(=O)O)CC2.O=C(O)C(F)(F)F. The number of aliphatic carboxylic acids is 2. The Bertz CT molecular complexity index is 761. The summed E-state index contributed by atoms with van der Waals surface area (Å²) in [4.78, 5) is 36.7. The van der Waals surface area contributed by atoms with E-state index in [0.29, 0.717) is 0 Å². The van der Waals surface area contributed by atoms with Crippen LogP contribution in [0.3, 0.4) is 0 Å². The second-order valence-electron chi connectivity index (χ2n) is 7.45. The van der Waals surface area contributed by atoms with Gasteiger partial charge in [-0.15, -0.1) is 0 Å². The lowest BCUT2D eigenvalue weighted by atomic mass is 9.81. The lowest BCUT2D eigenvalue weighted by Crippen LogP contribution is -2.53. The first-order chi connectivity index (χ1) is 14.0. The molecule has 3 rings (SSSR count). The van der Waals surface area contributed by atoms with Gasteiger partial charge in [0.15, 0.2) is 0 Å². The van der Waals surface area contributed by atoms with E-state index >= 15 is 0 Å². The molecule has 0 bridgehead atoms. The summed E-state index contributed by atoms with van der Waals surface area (Å²) in [6.07, 6.45) is -2.50. The summed E-state index contributed by atoms with van der Waals surface area (Å²) in [7, 11) is 0. The van der Waals surface area contributed by atoms with Crippen molar-refractivity contribution in [1.82, 2.24) is 9.80 Å². The molecule has 7 nitrogen and oxygen atoms in total. The number of halogens is 3. The Morgan fingerprint density at radius 2 is 1.67 bits per heavy atom. The number of likely N-dealkylation sites (N-methyl/N-ethyl adjacent to an activating group) is 1. The van der Waals surface area contributed by atoms with Crippen LogP contribution in [-0.2, 0) is 14.4 Å². The highest BCUT2D eigenvalue weighted by Crippen LogP contribution is 2.45. The normalized spacial score (nSPS) is 21.3. The van der Waals surface area contributed by atoms with Crippen LogP contribution in [0.25, 0.3) is 0 Å². The van der Waals surface area contributed by atoms with Crippen LogP contribution in [0.5, 0.6) is 0 Å². The number of nitrogens with zero attached hydrogens (tertiary/aromatic N) is 2. The van der Waals surface area contributed by atoms with Crippen molar-refractivity contribution in [1.29, 1.82) is 0 Å². The quantitative estimate of drug-likeness (QED) is 0.762. The predicted octanol–water partition coefficient (Wildman–Crippen LogP) is 2.57. The van der Waals surface area contributed by atoms with Gasteiger partial charge in [-0.1, -0.05) is 30.3 Å². The molecule has 0 aromatic heterocycles. The third kappa shape index (κ3) is 5.50. The number of carboxylic acid groups (broad SMARTS) is 2. The number of carboxylic acids is 2. The number of rotatable bonds is 4. The Kier molecular flexibility index (Phi) is 7.46. The second kappa shape index (κ2) is 9.46. The number of piperidine rings is 1. The first-order valence-electron chi connectivity index (χ1n) is 9.61. The lowest BCUT2D eigenvalue weighted by Gasteiger charge is -2.44. The highest BCUT2D eigenvalue weighted by atomic mass is 19.4. The van der Waals surface area contributed by atoms with Crippen LogP contribution in [0, 0.1) is 0 Å². The molecule has 1 aromatic carbocycles.